The van der Waals surface area contributed by atoms with Gasteiger partial charge in [0, 0.05) is 18.3 Å². The molecule has 0 spiro atoms. The van der Waals surface area contributed by atoms with Gasteiger partial charge in [0.25, 0.3) is 0 Å². The average molecular weight is 327 g/mol. The third-order valence-corrected chi connectivity index (χ3v) is 3.99. The Morgan fingerprint density at radius 3 is 2.38 bits per heavy atom. The van der Waals surface area contributed by atoms with Crippen LogP contribution in [0, 0.1) is 0 Å². The van der Waals surface area contributed by atoms with Crippen molar-refractivity contribution in [2.24, 2.45) is 0 Å². The van der Waals surface area contributed by atoms with Crippen molar-refractivity contribution in [3.8, 4) is 11.5 Å². The molecular weight excluding hydrogens is 298 g/mol. The molecule has 24 heavy (non-hydrogen) atoms. The monoisotopic (exact) mass is 327 g/mol. The first kappa shape index (κ1) is 18.2. The van der Waals surface area contributed by atoms with Crippen molar-refractivity contribution < 1.29 is 9.47 Å². The van der Waals surface area contributed by atoms with Gasteiger partial charge in [-0.25, -0.2) is 0 Å². The number of anilines is 1. The number of rotatable bonds is 9. The van der Waals surface area contributed by atoms with Crippen LogP contribution in [0.25, 0.3) is 0 Å². The van der Waals surface area contributed by atoms with Crippen LogP contribution in [0.5, 0.6) is 11.5 Å². The second-order valence-electron chi connectivity index (χ2n) is 6.36. The van der Waals surface area contributed by atoms with Crippen LogP contribution in [0.3, 0.4) is 0 Å². The molecule has 2 aromatic carbocycles. The molecule has 0 radical (unpaired) electrons. The lowest BCUT2D eigenvalue weighted by atomic mass is 10.0. The molecule has 0 aromatic heterocycles. The Hall–Kier alpha value is -2.16. The number of hydrogen-bond donors (Lipinski definition) is 1. The lowest BCUT2D eigenvalue weighted by Gasteiger charge is -2.14. The molecule has 1 N–H and O–H groups in total. The maximum absolute atomic E-state index is 5.84. The summed E-state index contributed by atoms with van der Waals surface area (Å²) in [6.07, 6.45) is 1.23. The summed E-state index contributed by atoms with van der Waals surface area (Å²) < 4.78 is 11.6. The van der Waals surface area contributed by atoms with Crippen molar-refractivity contribution in [2.45, 2.75) is 46.1 Å². The molecule has 0 aliphatic rings. The SMILES string of the molecule is CCC(C)Oc1cccc(NCCOc2ccc(C(C)C)cc2)c1. The van der Waals surface area contributed by atoms with Gasteiger partial charge >= 0.3 is 0 Å². The summed E-state index contributed by atoms with van der Waals surface area (Å²) in [5, 5.41) is 3.37. The normalized spacial score (nSPS) is 12.0. The highest BCUT2D eigenvalue weighted by Gasteiger charge is 2.02. The van der Waals surface area contributed by atoms with Crippen LogP contribution in [0.2, 0.25) is 0 Å². The van der Waals surface area contributed by atoms with E-state index in [4.69, 9.17) is 9.47 Å². The molecule has 3 nitrogen and oxygen atoms in total. The molecule has 130 valence electrons. The van der Waals surface area contributed by atoms with E-state index in [1.807, 2.05) is 36.4 Å². The van der Waals surface area contributed by atoms with Gasteiger partial charge < -0.3 is 14.8 Å². The van der Waals surface area contributed by atoms with Crippen molar-refractivity contribution in [1.82, 2.24) is 0 Å². The molecule has 0 fully saturated rings. The quantitative estimate of drug-likeness (QED) is 0.619. The number of nitrogens with one attached hydrogen (secondary N) is 1. The Morgan fingerprint density at radius 2 is 1.71 bits per heavy atom. The van der Waals surface area contributed by atoms with Crippen molar-refractivity contribution in [1.29, 1.82) is 0 Å². The zero-order valence-electron chi connectivity index (χ0n) is 15.2. The number of ether oxygens (including phenoxy) is 2. The lowest BCUT2D eigenvalue weighted by molar-refractivity contribution is 0.217. The second-order valence-corrected chi connectivity index (χ2v) is 6.36. The van der Waals surface area contributed by atoms with Gasteiger partial charge in [-0.05, 0) is 49.1 Å². The Balaban J connectivity index is 1.76. The third kappa shape index (κ3) is 5.80. The van der Waals surface area contributed by atoms with Gasteiger partial charge in [-0.15, -0.1) is 0 Å². The smallest absolute Gasteiger partial charge is 0.121 e. The minimum atomic E-state index is 0.234. The van der Waals surface area contributed by atoms with E-state index in [1.54, 1.807) is 0 Å². The van der Waals surface area contributed by atoms with Crippen LogP contribution in [-0.2, 0) is 0 Å². The van der Waals surface area contributed by atoms with Gasteiger partial charge in [0.1, 0.15) is 18.1 Å². The summed E-state index contributed by atoms with van der Waals surface area (Å²) in [5.41, 5.74) is 2.38. The largest absolute Gasteiger partial charge is 0.492 e. The molecule has 1 atom stereocenters. The Bertz CT molecular complexity index is 607. The third-order valence-electron chi connectivity index (χ3n) is 3.99. The van der Waals surface area contributed by atoms with E-state index in [1.165, 1.54) is 5.56 Å². The summed E-state index contributed by atoms with van der Waals surface area (Å²) in [5.74, 6) is 2.36. The molecule has 1 unspecified atom stereocenters. The van der Waals surface area contributed by atoms with Gasteiger partial charge in [0.2, 0.25) is 0 Å². The van der Waals surface area contributed by atoms with E-state index in [0.29, 0.717) is 12.5 Å². The van der Waals surface area contributed by atoms with E-state index < -0.39 is 0 Å². The molecule has 0 saturated heterocycles. The molecule has 0 aliphatic carbocycles. The zero-order valence-corrected chi connectivity index (χ0v) is 15.2. The fourth-order valence-corrected chi connectivity index (χ4v) is 2.31. The van der Waals surface area contributed by atoms with Crippen molar-refractivity contribution in [3.63, 3.8) is 0 Å². The fourth-order valence-electron chi connectivity index (χ4n) is 2.31. The van der Waals surface area contributed by atoms with Gasteiger partial charge in [0.15, 0.2) is 0 Å². The maximum Gasteiger partial charge on any atom is 0.121 e. The Labute approximate surface area is 146 Å². The maximum atomic E-state index is 5.84. The van der Waals surface area contributed by atoms with Gasteiger partial charge in [-0.1, -0.05) is 39.0 Å². The first-order valence-corrected chi connectivity index (χ1v) is 8.81. The molecule has 0 saturated carbocycles. The fraction of sp³-hybridized carbons (Fsp3) is 0.429. The highest BCUT2D eigenvalue weighted by Crippen LogP contribution is 2.20. The van der Waals surface area contributed by atoms with E-state index in [0.717, 1.165) is 30.2 Å². The molecule has 0 bridgehead atoms. The zero-order chi connectivity index (χ0) is 17.4. The molecule has 0 aliphatic heterocycles. The minimum absolute atomic E-state index is 0.234. The summed E-state index contributed by atoms with van der Waals surface area (Å²) in [4.78, 5) is 0. The summed E-state index contributed by atoms with van der Waals surface area (Å²) >= 11 is 0. The van der Waals surface area contributed by atoms with Crippen LogP contribution >= 0.6 is 0 Å². The lowest BCUT2D eigenvalue weighted by Crippen LogP contribution is -2.12. The molecule has 0 amide bonds. The molecule has 2 aromatic rings. The molecule has 0 heterocycles. The Morgan fingerprint density at radius 1 is 0.958 bits per heavy atom. The molecule has 2 rings (SSSR count). The number of hydrogen-bond acceptors (Lipinski definition) is 3. The van der Waals surface area contributed by atoms with Crippen LogP contribution in [0.1, 0.15) is 45.6 Å². The van der Waals surface area contributed by atoms with Crippen LogP contribution < -0.4 is 14.8 Å². The highest BCUT2D eigenvalue weighted by atomic mass is 16.5. The standard InChI is InChI=1S/C21H29NO2/c1-5-17(4)24-21-8-6-7-19(15-21)22-13-14-23-20-11-9-18(10-12-20)16(2)3/h6-12,15-17,22H,5,13-14H2,1-4H3. The predicted octanol–water partition coefficient (Wildman–Crippen LogP) is 5.48. The van der Waals surface area contributed by atoms with E-state index in [-0.39, 0.29) is 6.10 Å². The minimum Gasteiger partial charge on any atom is -0.492 e. The summed E-state index contributed by atoms with van der Waals surface area (Å²) in [7, 11) is 0. The summed E-state index contributed by atoms with van der Waals surface area (Å²) in [6, 6.07) is 16.4. The average Bonchev–Trinajstić information content (AvgIpc) is 2.59. The van der Waals surface area contributed by atoms with E-state index in [9.17, 15) is 0 Å². The van der Waals surface area contributed by atoms with Gasteiger partial charge in [-0.3, -0.25) is 0 Å². The van der Waals surface area contributed by atoms with E-state index >= 15 is 0 Å². The van der Waals surface area contributed by atoms with E-state index in [2.05, 4.69) is 45.1 Å². The highest BCUT2D eigenvalue weighted by molar-refractivity contribution is 5.48. The first-order chi connectivity index (χ1) is 11.6. The number of benzene rings is 2. The molecule has 3 heteroatoms. The van der Waals surface area contributed by atoms with Crippen LogP contribution in [0.4, 0.5) is 5.69 Å². The van der Waals surface area contributed by atoms with Crippen LogP contribution in [0.15, 0.2) is 48.5 Å². The second kappa shape index (κ2) is 9.21. The van der Waals surface area contributed by atoms with Gasteiger partial charge in [-0.2, -0.15) is 0 Å². The topological polar surface area (TPSA) is 30.5 Å². The van der Waals surface area contributed by atoms with Crippen molar-refractivity contribution >= 4 is 5.69 Å². The van der Waals surface area contributed by atoms with Crippen LogP contribution in [-0.4, -0.2) is 19.3 Å². The van der Waals surface area contributed by atoms with Crippen molar-refractivity contribution in [3.05, 3.63) is 54.1 Å². The first-order valence-electron chi connectivity index (χ1n) is 8.81. The van der Waals surface area contributed by atoms with Gasteiger partial charge in [0.05, 0.1) is 6.10 Å². The predicted molar refractivity (Wildman–Crippen MR) is 101 cm³/mol. The Kier molecular flexibility index (Phi) is 6.98. The molecular formula is C21H29NO2. The van der Waals surface area contributed by atoms with Crippen molar-refractivity contribution in [2.75, 3.05) is 18.5 Å². The summed E-state index contributed by atoms with van der Waals surface area (Å²) in [6.45, 7) is 9.96.